The summed E-state index contributed by atoms with van der Waals surface area (Å²) < 4.78 is 13.1. The maximum atomic E-state index is 13.7. The molecule has 4 rings (SSSR count). The Morgan fingerprint density at radius 3 is 2.54 bits per heavy atom. The van der Waals surface area contributed by atoms with E-state index in [4.69, 9.17) is 32.7 Å². The summed E-state index contributed by atoms with van der Waals surface area (Å²) in [6, 6.07) is 11.7. The lowest BCUT2D eigenvalue weighted by Gasteiger charge is -2.25. The van der Waals surface area contributed by atoms with Crippen LogP contribution in [-0.2, 0) is 9.53 Å². The van der Waals surface area contributed by atoms with E-state index in [0.29, 0.717) is 48.6 Å². The highest BCUT2D eigenvalue weighted by molar-refractivity contribution is 7.07. The highest BCUT2D eigenvalue weighted by atomic mass is 35.5. The second-order valence-electron chi connectivity index (χ2n) is 8.20. The van der Waals surface area contributed by atoms with Crippen molar-refractivity contribution < 1.29 is 14.3 Å². The zero-order valence-corrected chi connectivity index (χ0v) is 22.0. The van der Waals surface area contributed by atoms with Crippen LogP contribution in [0, 0.1) is 0 Å². The Labute approximate surface area is 216 Å². The van der Waals surface area contributed by atoms with Crippen LogP contribution in [0.5, 0.6) is 5.75 Å². The molecule has 35 heavy (non-hydrogen) atoms. The molecule has 3 aromatic rings. The molecule has 0 radical (unpaired) electrons. The molecule has 9 heteroatoms. The predicted octanol–water partition coefficient (Wildman–Crippen LogP) is 4.89. The van der Waals surface area contributed by atoms with Crippen molar-refractivity contribution >= 4 is 46.6 Å². The van der Waals surface area contributed by atoms with Crippen LogP contribution in [0.3, 0.4) is 0 Å². The number of benzene rings is 2. The molecule has 1 atom stereocenters. The number of fused-ring (bicyclic) bond motifs is 1. The van der Waals surface area contributed by atoms with E-state index in [-0.39, 0.29) is 11.7 Å². The highest BCUT2D eigenvalue weighted by Gasteiger charge is 2.33. The number of carbonyl (C=O) groups excluding carboxylic acids is 1. The van der Waals surface area contributed by atoms with E-state index in [9.17, 15) is 9.59 Å². The molecule has 1 aliphatic heterocycles. The first-order valence-electron chi connectivity index (χ1n) is 11.1. The molecule has 0 fully saturated rings. The van der Waals surface area contributed by atoms with Gasteiger partial charge in [0.05, 0.1) is 34.6 Å². The van der Waals surface area contributed by atoms with E-state index in [1.165, 1.54) is 11.3 Å². The Hall–Kier alpha value is -2.87. The number of allylic oxidation sites excluding steroid dienone is 1. The summed E-state index contributed by atoms with van der Waals surface area (Å²) in [4.78, 5) is 31.9. The second-order valence-corrected chi connectivity index (χ2v) is 10.1. The lowest BCUT2D eigenvalue weighted by Crippen LogP contribution is -2.40. The van der Waals surface area contributed by atoms with Crippen molar-refractivity contribution in [1.82, 2.24) is 4.57 Å². The lowest BCUT2D eigenvalue weighted by molar-refractivity contribution is -0.143. The number of aromatic nitrogens is 1. The smallest absolute Gasteiger partial charge is 0.338 e. The van der Waals surface area contributed by atoms with E-state index < -0.39 is 12.0 Å². The molecule has 0 N–H and O–H groups in total. The van der Waals surface area contributed by atoms with E-state index in [0.717, 1.165) is 5.56 Å². The molecule has 0 spiro atoms. The fraction of sp³-hybridized carbons (Fsp3) is 0.269. The number of ether oxygens (including phenoxy) is 2. The molecular weight excluding hydrogens is 507 g/mol. The largest absolute Gasteiger partial charge is 0.494 e. The third-order valence-electron chi connectivity index (χ3n) is 5.34. The Morgan fingerprint density at radius 1 is 1.20 bits per heavy atom. The Morgan fingerprint density at radius 2 is 1.91 bits per heavy atom. The summed E-state index contributed by atoms with van der Waals surface area (Å²) in [7, 11) is 0. The van der Waals surface area contributed by atoms with Gasteiger partial charge in [0.25, 0.3) is 5.56 Å². The van der Waals surface area contributed by atoms with Crippen molar-refractivity contribution in [2.24, 2.45) is 4.99 Å². The molecule has 1 aromatic heterocycles. The van der Waals surface area contributed by atoms with Crippen molar-refractivity contribution in [3.05, 3.63) is 94.6 Å². The van der Waals surface area contributed by atoms with E-state index in [1.54, 1.807) is 49.6 Å². The molecule has 1 aliphatic rings. The Kier molecular flexibility index (Phi) is 7.50. The summed E-state index contributed by atoms with van der Waals surface area (Å²) in [6.07, 6.45) is 1.39. The van der Waals surface area contributed by atoms with Crippen LogP contribution >= 0.6 is 34.5 Å². The Bertz CT molecular complexity index is 1490. The molecule has 0 saturated carbocycles. The molecule has 0 aliphatic carbocycles. The van der Waals surface area contributed by atoms with Crippen LogP contribution in [0.25, 0.3) is 6.08 Å². The maximum Gasteiger partial charge on any atom is 0.338 e. The monoisotopic (exact) mass is 530 g/mol. The van der Waals surface area contributed by atoms with Gasteiger partial charge in [0.15, 0.2) is 4.80 Å². The summed E-state index contributed by atoms with van der Waals surface area (Å²) in [5.41, 5.74) is 1.96. The second kappa shape index (κ2) is 10.4. The van der Waals surface area contributed by atoms with Crippen LogP contribution in [-0.4, -0.2) is 23.2 Å². The molecule has 6 nitrogen and oxygen atoms in total. The van der Waals surface area contributed by atoms with Gasteiger partial charge in [-0.3, -0.25) is 9.36 Å². The topological polar surface area (TPSA) is 69.9 Å². The lowest BCUT2D eigenvalue weighted by atomic mass is 9.96. The highest BCUT2D eigenvalue weighted by Crippen LogP contribution is 2.32. The summed E-state index contributed by atoms with van der Waals surface area (Å²) in [5, 5.41) is 0.942. The predicted molar refractivity (Wildman–Crippen MR) is 139 cm³/mol. The standard InChI is InChI=1S/C26H24Cl2N2O4S/c1-5-33-19-10-7-16(8-11-19)23-22(25(32)34-14(2)3)15(4)29-26-30(23)24(31)21(35-26)12-17-6-9-18(27)13-20(17)28/h6-14,23H,5H2,1-4H3/b21-12-. The van der Waals surface area contributed by atoms with Crippen LogP contribution < -0.4 is 19.6 Å². The van der Waals surface area contributed by atoms with Crippen molar-refractivity contribution in [2.45, 2.75) is 39.8 Å². The van der Waals surface area contributed by atoms with Gasteiger partial charge < -0.3 is 9.47 Å². The first-order valence-corrected chi connectivity index (χ1v) is 12.7. The first-order chi connectivity index (χ1) is 16.7. The van der Waals surface area contributed by atoms with Gasteiger partial charge in [0.1, 0.15) is 5.75 Å². The molecular formula is C26H24Cl2N2O4S. The van der Waals surface area contributed by atoms with E-state index >= 15 is 0 Å². The van der Waals surface area contributed by atoms with Crippen LogP contribution in [0.2, 0.25) is 10.0 Å². The van der Waals surface area contributed by atoms with Crippen molar-refractivity contribution in [3.63, 3.8) is 0 Å². The normalized spacial score (nSPS) is 15.7. The molecule has 0 saturated heterocycles. The number of thiazole rings is 1. The average molecular weight is 531 g/mol. The number of hydrogen-bond donors (Lipinski definition) is 0. The van der Waals surface area contributed by atoms with E-state index in [2.05, 4.69) is 4.99 Å². The summed E-state index contributed by atoms with van der Waals surface area (Å²) in [6.45, 7) is 7.76. The zero-order chi connectivity index (χ0) is 25.3. The van der Waals surface area contributed by atoms with Crippen LogP contribution in [0.4, 0.5) is 0 Å². The van der Waals surface area contributed by atoms with Gasteiger partial charge in [0, 0.05) is 10.0 Å². The Balaban J connectivity index is 1.92. The minimum atomic E-state index is -0.698. The van der Waals surface area contributed by atoms with Crippen LogP contribution in [0.15, 0.2) is 63.5 Å². The number of esters is 1. The van der Waals surface area contributed by atoms with Gasteiger partial charge in [-0.2, -0.15) is 0 Å². The van der Waals surface area contributed by atoms with Gasteiger partial charge in [-0.1, -0.05) is 52.7 Å². The number of hydrogen-bond acceptors (Lipinski definition) is 6. The van der Waals surface area contributed by atoms with Gasteiger partial charge in [-0.05, 0) is 69.2 Å². The first kappa shape index (κ1) is 25.2. The van der Waals surface area contributed by atoms with Gasteiger partial charge in [-0.15, -0.1) is 0 Å². The molecule has 1 unspecified atom stereocenters. The average Bonchev–Trinajstić information content (AvgIpc) is 3.09. The fourth-order valence-corrected chi connectivity index (χ4v) is 5.35. The molecule has 182 valence electrons. The van der Waals surface area contributed by atoms with Crippen molar-refractivity contribution in [1.29, 1.82) is 0 Å². The number of nitrogens with zero attached hydrogens (tertiary/aromatic N) is 2. The summed E-state index contributed by atoms with van der Waals surface area (Å²) >= 11 is 13.6. The van der Waals surface area contributed by atoms with Crippen molar-refractivity contribution in [2.75, 3.05) is 6.61 Å². The molecule has 2 aromatic carbocycles. The summed E-state index contributed by atoms with van der Waals surface area (Å²) in [5.74, 6) is 0.197. The number of halogens is 2. The minimum absolute atomic E-state index is 0.277. The maximum absolute atomic E-state index is 13.7. The fourth-order valence-electron chi connectivity index (χ4n) is 3.85. The number of carbonyl (C=O) groups is 1. The third kappa shape index (κ3) is 5.22. The molecule has 0 amide bonds. The quantitative estimate of drug-likeness (QED) is 0.425. The van der Waals surface area contributed by atoms with E-state index in [1.807, 2.05) is 31.2 Å². The zero-order valence-electron chi connectivity index (χ0n) is 19.7. The number of rotatable bonds is 6. The van der Waals surface area contributed by atoms with Crippen molar-refractivity contribution in [3.8, 4) is 5.75 Å². The van der Waals surface area contributed by atoms with Gasteiger partial charge in [0.2, 0.25) is 0 Å². The van der Waals surface area contributed by atoms with Crippen LogP contribution in [0.1, 0.15) is 44.9 Å². The molecule has 2 heterocycles. The third-order valence-corrected chi connectivity index (χ3v) is 6.89. The van der Waals surface area contributed by atoms with Gasteiger partial charge >= 0.3 is 5.97 Å². The minimum Gasteiger partial charge on any atom is -0.494 e. The SMILES string of the molecule is CCOc1ccc(C2C(C(=O)OC(C)C)=C(C)N=c3s/c(=C\c4ccc(Cl)cc4Cl)c(=O)n32)cc1. The molecule has 0 bridgehead atoms. The van der Waals surface area contributed by atoms with Gasteiger partial charge in [-0.25, -0.2) is 9.79 Å².